The van der Waals surface area contributed by atoms with Crippen molar-refractivity contribution in [3.05, 3.63) is 11.9 Å². The highest BCUT2D eigenvalue weighted by Gasteiger charge is 2.30. The Kier molecular flexibility index (Phi) is 6.07. The fraction of sp³-hybridized carbons (Fsp3) is 0.833. The van der Waals surface area contributed by atoms with Gasteiger partial charge < -0.3 is 0 Å². The first kappa shape index (κ1) is 15.5. The summed E-state index contributed by atoms with van der Waals surface area (Å²) in [6.07, 6.45) is 14.6. The standard InChI is InChI=1S/C18H28FN/c1-2-3-14-4-8-16(9-5-14)17-10-6-15(7-11-17)12-18(19)13-20/h12,14-17H,2-11H2,1H3/t14-,15-,16-,17-. The minimum absolute atomic E-state index is 0.308. The minimum atomic E-state index is -0.589. The van der Waals surface area contributed by atoms with Crippen molar-refractivity contribution < 1.29 is 4.39 Å². The smallest absolute Gasteiger partial charge is 0.195 e. The number of nitrogens with zero attached hydrogens (tertiary/aromatic N) is 1. The third-order valence-electron chi connectivity index (χ3n) is 5.56. The maximum Gasteiger partial charge on any atom is 0.196 e. The Balaban J connectivity index is 1.74. The summed E-state index contributed by atoms with van der Waals surface area (Å²) in [5, 5.41) is 8.50. The molecule has 0 aliphatic heterocycles. The molecule has 0 amide bonds. The zero-order chi connectivity index (χ0) is 14.4. The summed E-state index contributed by atoms with van der Waals surface area (Å²) in [7, 11) is 0. The van der Waals surface area contributed by atoms with E-state index in [4.69, 9.17) is 5.26 Å². The molecule has 0 aromatic heterocycles. The van der Waals surface area contributed by atoms with Crippen LogP contribution in [-0.4, -0.2) is 0 Å². The Hall–Kier alpha value is -0.840. The van der Waals surface area contributed by atoms with Crippen LogP contribution in [0.4, 0.5) is 4.39 Å². The first-order chi connectivity index (χ1) is 9.72. The van der Waals surface area contributed by atoms with Crippen LogP contribution in [0.1, 0.15) is 71.1 Å². The molecule has 1 nitrogen and oxygen atoms in total. The van der Waals surface area contributed by atoms with E-state index < -0.39 is 5.83 Å². The summed E-state index contributed by atoms with van der Waals surface area (Å²) in [6.45, 7) is 2.29. The zero-order valence-electron chi connectivity index (χ0n) is 12.8. The van der Waals surface area contributed by atoms with Crippen LogP contribution in [0.3, 0.4) is 0 Å². The average molecular weight is 277 g/mol. The van der Waals surface area contributed by atoms with Gasteiger partial charge in [0.25, 0.3) is 0 Å². The molecule has 0 spiro atoms. The highest BCUT2D eigenvalue weighted by Crippen LogP contribution is 2.42. The number of hydrogen-bond donors (Lipinski definition) is 0. The van der Waals surface area contributed by atoms with Gasteiger partial charge in [0.2, 0.25) is 0 Å². The topological polar surface area (TPSA) is 23.8 Å². The van der Waals surface area contributed by atoms with Gasteiger partial charge in [-0.1, -0.05) is 32.6 Å². The number of allylic oxidation sites excluding steroid dienone is 2. The third-order valence-corrected chi connectivity index (χ3v) is 5.56. The predicted molar refractivity (Wildman–Crippen MR) is 80.6 cm³/mol. The number of rotatable bonds is 4. The van der Waals surface area contributed by atoms with Crippen LogP contribution in [0, 0.1) is 35.0 Å². The highest BCUT2D eigenvalue weighted by molar-refractivity contribution is 5.13. The molecule has 2 aliphatic rings. The first-order valence-corrected chi connectivity index (χ1v) is 8.50. The van der Waals surface area contributed by atoms with E-state index in [1.807, 2.05) is 0 Å². The van der Waals surface area contributed by atoms with Crippen LogP contribution in [0.15, 0.2) is 11.9 Å². The monoisotopic (exact) mass is 277 g/mol. The van der Waals surface area contributed by atoms with E-state index in [-0.39, 0.29) is 0 Å². The van der Waals surface area contributed by atoms with Gasteiger partial charge in [0.1, 0.15) is 6.07 Å². The molecule has 112 valence electrons. The van der Waals surface area contributed by atoms with E-state index in [1.165, 1.54) is 51.4 Å². The van der Waals surface area contributed by atoms with Gasteiger partial charge >= 0.3 is 0 Å². The van der Waals surface area contributed by atoms with Gasteiger partial charge in [-0.15, -0.1) is 0 Å². The van der Waals surface area contributed by atoms with Crippen LogP contribution in [0.5, 0.6) is 0 Å². The second kappa shape index (κ2) is 7.81. The fourth-order valence-electron chi connectivity index (χ4n) is 4.38. The van der Waals surface area contributed by atoms with Crippen LogP contribution >= 0.6 is 0 Å². The highest BCUT2D eigenvalue weighted by atomic mass is 19.1. The predicted octanol–water partition coefficient (Wildman–Crippen LogP) is 5.78. The molecule has 0 aromatic carbocycles. The van der Waals surface area contributed by atoms with Gasteiger partial charge in [0.05, 0.1) is 0 Å². The van der Waals surface area contributed by atoms with Gasteiger partial charge in [0.15, 0.2) is 5.83 Å². The number of hydrogen-bond acceptors (Lipinski definition) is 1. The Labute approximate surface area is 123 Å². The maximum absolute atomic E-state index is 13.0. The molecular weight excluding hydrogens is 249 g/mol. The lowest BCUT2D eigenvalue weighted by molar-refractivity contribution is 0.152. The summed E-state index contributed by atoms with van der Waals surface area (Å²) < 4.78 is 13.0. The third kappa shape index (κ3) is 4.33. The number of nitriles is 1. The van der Waals surface area contributed by atoms with Crippen LogP contribution < -0.4 is 0 Å². The molecule has 0 atom stereocenters. The Morgan fingerprint density at radius 3 is 2.10 bits per heavy atom. The van der Waals surface area contributed by atoms with Gasteiger partial charge in [-0.05, 0) is 68.3 Å². The fourth-order valence-corrected chi connectivity index (χ4v) is 4.38. The molecule has 0 radical (unpaired) electrons. The molecule has 20 heavy (non-hydrogen) atoms. The lowest BCUT2D eigenvalue weighted by Gasteiger charge is -2.37. The van der Waals surface area contributed by atoms with Gasteiger partial charge in [-0.3, -0.25) is 0 Å². The first-order valence-electron chi connectivity index (χ1n) is 8.50. The lowest BCUT2D eigenvalue weighted by Crippen LogP contribution is -2.25. The molecule has 2 rings (SSSR count). The summed E-state index contributed by atoms with van der Waals surface area (Å²) in [4.78, 5) is 0. The van der Waals surface area contributed by atoms with Crippen molar-refractivity contribution in [1.82, 2.24) is 0 Å². The molecular formula is C18H28FN. The van der Waals surface area contributed by atoms with Crippen LogP contribution in [-0.2, 0) is 0 Å². The van der Waals surface area contributed by atoms with Crippen molar-refractivity contribution in [2.45, 2.75) is 71.1 Å². The van der Waals surface area contributed by atoms with Crippen molar-refractivity contribution in [3.63, 3.8) is 0 Å². The molecule has 0 aromatic rings. The van der Waals surface area contributed by atoms with E-state index in [1.54, 1.807) is 12.1 Å². The zero-order valence-corrected chi connectivity index (χ0v) is 12.8. The Morgan fingerprint density at radius 1 is 1.05 bits per heavy atom. The Morgan fingerprint density at radius 2 is 1.60 bits per heavy atom. The molecule has 2 aliphatic carbocycles. The van der Waals surface area contributed by atoms with Crippen molar-refractivity contribution in [1.29, 1.82) is 5.26 Å². The molecule has 0 heterocycles. The van der Waals surface area contributed by atoms with Crippen LogP contribution in [0.2, 0.25) is 0 Å². The SMILES string of the molecule is CCC[C@H]1CC[C@H]([C@H]2CC[C@H](C=C(F)C#N)CC2)CC1. The minimum Gasteiger partial charge on any atom is -0.195 e. The molecule has 0 bridgehead atoms. The summed E-state index contributed by atoms with van der Waals surface area (Å²) in [5.41, 5.74) is 0. The molecule has 0 N–H and O–H groups in total. The molecule has 2 saturated carbocycles. The summed E-state index contributed by atoms with van der Waals surface area (Å²) in [6, 6.07) is 1.60. The van der Waals surface area contributed by atoms with E-state index >= 15 is 0 Å². The summed E-state index contributed by atoms with van der Waals surface area (Å²) >= 11 is 0. The van der Waals surface area contributed by atoms with Gasteiger partial charge in [-0.25, -0.2) is 0 Å². The largest absolute Gasteiger partial charge is 0.196 e. The quantitative estimate of drug-likeness (QED) is 0.598. The van der Waals surface area contributed by atoms with Gasteiger partial charge in [0, 0.05) is 0 Å². The second-order valence-electron chi connectivity index (χ2n) is 6.87. The Bertz CT molecular complexity index is 352. The molecule has 0 unspecified atom stereocenters. The lowest BCUT2D eigenvalue weighted by atomic mass is 9.68. The van der Waals surface area contributed by atoms with Crippen molar-refractivity contribution >= 4 is 0 Å². The van der Waals surface area contributed by atoms with E-state index in [0.29, 0.717) is 5.92 Å². The van der Waals surface area contributed by atoms with E-state index in [0.717, 1.165) is 30.6 Å². The molecule has 2 heteroatoms. The maximum atomic E-state index is 13.0. The second-order valence-corrected chi connectivity index (χ2v) is 6.87. The van der Waals surface area contributed by atoms with Gasteiger partial charge in [-0.2, -0.15) is 9.65 Å². The van der Waals surface area contributed by atoms with Crippen molar-refractivity contribution in [3.8, 4) is 6.07 Å². The van der Waals surface area contributed by atoms with Crippen molar-refractivity contribution in [2.75, 3.05) is 0 Å². The van der Waals surface area contributed by atoms with Crippen LogP contribution in [0.25, 0.3) is 0 Å². The number of halogens is 1. The molecule has 2 fully saturated rings. The van der Waals surface area contributed by atoms with Crippen molar-refractivity contribution in [2.24, 2.45) is 23.7 Å². The normalized spacial score (nSPS) is 35.5. The summed E-state index contributed by atoms with van der Waals surface area (Å²) in [5.74, 6) is 2.50. The van der Waals surface area contributed by atoms with E-state index in [2.05, 4.69) is 6.92 Å². The molecule has 0 saturated heterocycles. The van der Waals surface area contributed by atoms with E-state index in [9.17, 15) is 4.39 Å². The average Bonchev–Trinajstić information content (AvgIpc) is 2.49.